The number of hydrogen-bond acceptors (Lipinski definition) is 6. The van der Waals surface area contributed by atoms with Crippen molar-refractivity contribution in [3.8, 4) is 0 Å². The molecule has 2 aromatic rings. The van der Waals surface area contributed by atoms with Crippen LogP contribution in [0.2, 0.25) is 0 Å². The van der Waals surface area contributed by atoms with Crippen LogP contribution in [0.25, 0.3) is 0 Å². The summed E-state index contributed by atoms with van der Waals surface area (Å²) in [5.74, 6) is -3.08. The van der Waals surface area contributed by atoms with Crippen molar-refractivity contribution in [2.24, 2.45) is 0 Å². The van der Waals surface area contributed by atoms with Crippen molar-refractivity contribution in [3.63, 3.8) is 0 Å². The predicted molar refractivity (Wildman–Crippen MR) is 159 cm³/mol. The number of carbonyl (C=O) groups excluding carboxylic acids is 1. The normalized spacial score (nSPS) is 19.2. The molecular weight excluding hydrogens is 538 g/mol. The first kappa shape index (κ1) is 30.4. The zero-order chi connectivity index (χ0) is 31.0. The molecule has 10 nitrogen and oxygen atoms in total. The number of benzene rings is 2. The van der Waals surface area contributed by atoms with E-state index in [0.717, 1.165) is 28.2 Å². The first-order chi connectivity index (χ1) is 19.7. The quantitative estimate of drug-likeness (QED) is 0.324. The van der Waals surface area contributed by atoms with Crippen molar-refractivity contribution in [2.75, 3.05) is 29.9 Å². The molecule has 0 radical (unpaired) electrons. The van der Waals surface area contributed by atoms with Gasteiger partial charge in [0.2, 0.25) is 0 Å². The molecule has 0 saturated heterocycles. The Morgan fingerprint density at radius 3 is 2.07 bits per heavy atom. The first-order valence-electron chi connectivity index (χ1n) is 13.8. The zero-order valence-corrected chi connectivity index (χ0v) is 24.5. The van der Waals surface area contributed by atoms with Crippen LogP contribution in [0.4, 0.5) is 11.4 Å². The third-order valence-electron chi connectivity index (χ3n) is 8.37. The molecular formula is C32H37N3O7. The maximum absolute atomic E-state index is 12.4. The van der Waals surface area contributed by atoms with Crippen LogP contribution in [-0.2, 0) is 20.4 Å². The van der Waals surface area contributed by atoms with E-state index in [1.54, 1.807) is 25.2 Å². The molecule has 2 heterocycles. The average molecular weight is 576 g/mol. The van der Waals surface area contributed by atoms with Gasteiger partial charge in [-0.3, -0.25) is 14.4 Å². The van der Waals surface area contributed by atoms with E-state index in [2.05, 4.69) is 5.32 Å². The van der Waals surface area contributed by atoms with Gasteiger partial charge in [-0.2, -0.15) is 0 Å². The largest absolute Gasteiger partial charge is 0.481 e. The van der Waals surface area contributed by atoms with Gasteiger partial charge in [0.15, 0.2) is 0 Å². The topological polar surface area (TPSA) is 147 Å². The lowest BCUT2D eigenvalue weighted by Crippen LogP contribution is -2.41. The zero-order valence-electron chi connectivity index (χ0n) is 24.5. The second-order valence-electron chi connectivity index (χ2n) is 11.7. The SMILES string of the molecule is CNC(=O)c1ccc2c(c1)C(C)(C)/C(=C\C=C\C1N(CCC(=O)O)c3ccc(C(=O)O)cc3C1(C)C)N2CCC(=O)O. The highest BCUT2D eigenvalue weighted by molar-refractivity contribution is 5.95. The van der Waals surface area contributed by atoms with E-state index in [4.69, 9.17) is 0 Å². The Kier molecular flexibility index (Phi) is 8.20. The molecule has 1 amide bonds. The lowest BCUT2D eigenvalue weighted by Gasteiger charge is -2.32. The number of aliphatic carboxylic acids is 2. The second kappa shape index (κ2) is 11.3. The van der Waals surface area contributed by atoms with Gasteiger partial charge in [-0.05, 0) is 53.6 Å². The van der Waals surface area contributed by atoms with Crippen LogP contribution in [0.15, 0.2) is 60.3 Å². The maximum atomic E-state index is 12.4. The molecule has 4 rings (SSSR count). The lowest BCUT2D eigenvalue weighted by molar-refractivity contribution is -0.137. The second-order valence-corrected chi connectivity index (χ2v) is 11.7. The number of allylic oxidation sites excluding steroid dienone is 3. The number of carboxylic acid groups (broad SMARTS) is 3. The summed E-state index contributed by atoms with van der Waals surface area (Å²) in [7, 11) is 1.57. The fourth-order valence-corrected chi connectivity index (χ4v) is 6.12. The average Bonchev–Trinajstić information content (AvgIpc) is 3.27. The van der Waals surface area contributed by atoms with E-state index in [0.29, 0.717) is 5.56 Å². The fraction of sp³-hybridized carbons (Fsp3) is 0.375. The van der Waals surface area contributed by atoms with E-state index in [1.807, 2.05) is 67.9 Å². The van der Waals surface area contributed by atoms with E-state index in [-0.39, 0.29) is 43.4 Å². The number of anilines is 2. The van der Waals surface area contributed by atoms with Crippen molar-refractivity contribution >= 4 is 35.2 Å². The molecule has 0 saturated carbocycles. The summed E-state index contributed by atoms with van der Waals surface area (Å²) < 4.78 is 0. The molecule has 0 aliphatic carbocycles. The maximum Gasteiger partial charge on any atom is 0.335 e. The molecule has 1 unspecified atom stereocenters. The Hall–Kier alpha value is -4.60. The number of fused-ring (bicyclic) bond motifs is 2. The summed E-state index contributed by atoms with van der Waals surface area (Å²) in [6.45, 7) is 8.57. The van der Waals surface area contributed by atoms with Crippen LogP contribution in [-0.4, -0.2) is 65.3 Å². The number of nitrogens with zero attached hydrogens (tertiary/aromatic N) is 2. The third-order valence-corrected chi connectivity index (χ3v) is 8.37. The number of carboxylic acids is 3. The molecule has 1 atom stereocenters. The Bertz CT molecular complexity index is 1510. The van der Waals surface area contributed by atoms with Crippen molar-refractivity contribution in [1.82, 2.24) is 5.32 Å². The minimum absolute atomic E-state index is 0.0758. The Balaban J connectivity index is 1.76. The van der Waals surface area contributed by atoms with Gasteiger partial charge in [0.1, 0.15) is 0 Å². The summed E-state index contributed by atoms with van der Waals surface area (Å²) in [4.78, 5) is 51.0. The highest BCUT2D eigenvalue weighted by atomic mass is 16.4. The van der Waals surface area contributed by atoms with E-state index in [9.17, 15) is 34.5 Å². The number of rotatable bonds is 10. The molecule has 2 aliphatic heterocycles. The summed E-state index contributed by atoms with van der Waals surface area (Å²) in [5, 5.41) is 31.0. The number of aromatic carboxylic acids is 1. The van der Waals surface area contributed by atoms with Gasteiger partial charge in [0, 0.05) is 53.6 Å². The molecule has 0 bridgehead atoms. The predicted octanol–water partition coefficient (Wildman–Crippen LogP) is 4.40. The van der Waals surface area contributed by atoms with Gasteiger partial charge in [-0.1, -0.05) is 39.8 Å². The van der Waals surface area contributed by atoms with Gasteiger partial charge < -0.3 is 30.4 Å². The summed E-state index contributed by atoms with van der Waals surface area (Å²) in [5.41, 5.74) is 3.84. The molecule has 2 aromatic carbocycles. The van der Waals surface area contributed by atoms with Crippen molar-refractivity contribution in [2.45, 2.75) is 57.4 Å². The highest BCUT2D eigenvalue weighted by Crippen LogP contribution is 2.49. The van der Waals surface area contributed by atoms with E-state index in [1.165, 1.54) is 6.07 Å². The van der Waals surface area contributed by atoms with Gasteiger partial charge >= 0.3 is 17.9 Å². The third kappa shape index (κ3) is 5.48. The Morgan fingerprint density at radius 2 is 1.45 bits per heavy atom. The van der Waals surface area contributed by atoms with Crippen LogP contribution in [0.3, 0.4) is 0 Å². The molecule has 0 fully saturated rings. The van der Waals surface area contributed by atoms with Crippen LogP contribution in [0.5, 0.6) is 0 Å². The Labute approximate surface area is 244 Å². The first-order valence-corrected chi connectivity index (χ1v) is 13.8. The number of hydrogen-bond donors (Lipinski definition) is 4. The fourth-order valence-electron chi connectivity index (χ4n) is 6.12. The summed E-state index contributed by atoms with van der Waals surface area (Å²) in [6.07, 6.45) is 5.67. The minimum Gasteiger partial charge on any atom is -0.481 e. The van der Waals surface area contributed by atoms with Crippen LogP contribution < -0.4 is 15.1 Å². The van der Waals surface area contributed by atoms with Crippen molar-refractivity contribution in [1.29, 1.82) is 0 Å². The van der Waals surface area contributed by atoms with Gasteiger partial charge in [-0.25, -0.2) is 4.79 Å². The number of amides is 1. The molecule has 42 heavy (non-hydrogen) atoms. The molecule has 0 spiro atoms. The molecule has 222 valence electrons. The molecule has 0 aromatic heterocycles. The van der Waals surface area contributed by atoms with Crippen molar-refractivity contribution in [3.05, 3.63) is 82.6 Å². The van der Waals surface area contributed by atoms with Crippen LogP contribution in [0.1, 0.15) is 72.4 Å². The van der Waals surface area contributed by atoms with Crippen LogP contribution >= 0.6 is 0 Å². The lowest BCUT2D eigenvalue weighted by atomic mass is 9.79. The van der Waals surface area contributed by atoms with Gasteiger partial charge in [-0.15, -0.1) is 0 Å². The molecule has 2 aliphatic rings. The monoisotopic (exact) mass is 575 g/mol. The smallest absolute Gasteiger partial charge is 0.335 e. The molecule has 4 N–H and O–H groups in total. The summed E-state index contributed by atoms with van der Waals surface area (Å²) in [6, 6.07) is 10.1. The minimum atomic E-state index is -1.03. The van der Waals surface area contributed by atoms with E-state index >= 15 is 0 Å². The van der Waals surface area contributed by atoms with Gasteiger partial charge in [0.25, 0.3) is 5.91 Å². The molecule has 10 heteroatoms. The standard InChI is InChI=1S/C32H37N3O7/c1-31(2)21-17-19(29(40)33-5)9-11-23(21)34(15-13-27(36)37)25(31)7-6-8-26-32(3,4)22-18-20(30(41)42)10-12-24(22)35(26)16-14-28(38)39/h6-12,17-18,26H,13-16H2,1-5H3,(H,33,40)(H,36,37)(H,38,39)(H,41,42)/b8-6+,25-7+. The van der Waals surface area contributed by atoms with Crippen LogP contribution in [0, 0.1) is 0 Å². The van der Waals surface area contributed by atoms with Gasteiger partial charge in [0.05, 0.1) is 24.4 Å². The van der Waals surface area contributed by atoms with Crippen molar-refractivity contribution < 1.29 is 34.5 Å². The number of nitrogens with one attached hydrogen (secondary N) is 1. The summed E-state index contributed by atoms with van der Waals surface area (Å²) >= 11 is 0. The Morgan fingerprint density at radius 1 is 0.857 bits per heavy atom. The number of carbonyl (C=O) groups is 4. The van der Waals surface area contributed by atoms with E-state index < -0.39 is 28.7 Å². The highest BCUT2D eigenvalue weighted by Gasteiger charge is 2.44.